The lowest BCUT2D eigenvalue weighted by atomic mass is 10.5. The summed E-state index contributed by atoms with van der Waals surface area (Å²) in [6, 6.07) is 0. The average Bonchev–Trinajstić information content (AvgIpc) is 1.93. The first-order valence-electron chi connectivity index (χ1n) is 3.64. The highest BCUT2D eigenvalue weighted by atomic mass is 16.5. The van der Waals surface area contributed by atoms with Gasteiger partial charge in [-0.25, -0.2) is 4.98 Å². The van der Waals surface area contributed by atoms with Crippen LogP contribution in [0.15, 0.2) is 12.4 Å². The maximum absolute atomic E-state index is 5.30. The second-order valence-electron chi connectivity index (χ2n) is 2.66. The van der Waals surface area contributed by atoms with E-state index in [9.17, 15) is 0 Å². The van der Waals surface area contributed by atoms with Crippen molar-refractivity contribution >= 4 is 0 Å². The van der Waals surface area contributed by atoms with E-state index in [1.54, 1.807) is 12.4 Å². The van der Waals surface area contributed by atoms with E-state index in [0.717, 1.165) is 5.69 Å². The summed E-state index contributed by atoms with van der Waals surface area (Å²) >= 11 is 0. The summed E-state index contributed by atoms with van der Waals surface area (Å²) in [5, 5.41) is 0. The Morgan fingerprint density at radius 1 is 1.27 bits per heavy atom. The molecule has 0 spiro atoms. The minimum absolute atomic E-state index is 0.159. The lowest BCUT2D eigenvalue weighted by Crippen LogP contribution is -2.07. The zero-order valence-electron chi connectivity index (χ0n) is 7.03. The van der Waals surface area contributed by atoms with Crippen molar-refractivity contribution in [2.24, 2.45) is 0 Å². The van der Waals surface area contributed by atoms with Crippen LogP contribution in [0.3, 0.4) is 0 Å². The van der Waals surface area contributed by atoms with Crippen LogP contribution in [0.25, 0.3) is 0 Å². The van der Waals surface area contributed by atoms with Crippen molar-refractivity contribution in [1.82, 2.24) is 9.97 Å². The lowest BCUT2D eigenvalue weighted by molar-refractivity contribution is 0.231. The molecule has 0 N–H and O–H groups in total. The van der Waals surface area contributed by atoms with E-state index in [0.29, 0.717) is 5.88 Å². The van der Waals surface area contributed by atoms with E-state index < -0.39 is 0 Å². The van der Waals surface area contributed by atoms with Crippen molar-refractivity contribution in [2.45, 2.75) is 26.9 Å². The predicted molar refractivity (Wildman–Crippen MR) is 42.5 cm³/mol. The van der Waals surface area contributed by atoms with Crippen LogP contribution in [0.1, 0.15) is 19.5 Å². The molecule has 0 aromatic carbocycles. The van der Waals surface area contributed by atoms with E-state index in [1.165, 1.54) is 0 Å². The molecule has 1 aromatic heterocycles. The first kappa shape index (κ1) is 7.98. The molecule has 11 heavy (non-hydrogen) atoms. The SMILES string of the molecule is Cc1cnc(OC(C)C)cn1. The van der Waals surface area contributed by atoms with Crippen molar-refractivity contribution in [3.05, 3.63) is 18.1 Å². The molecule has 60 valence electrons. The number of hydrogen-bond donors (Lipinski definition) is 0. The Labute approximate surface area is 66.4 Å². The maximum Gasteiger partial charge on any atom is 0.232 e. The van der Waals surface area contributed by atoms with E-state index in [2.05, 4.69) is 9.97 Å². The van der Waals surface area contributed by atoms with Gasteiger partial charge in [-0.3, -0.25) is 4.98 Å². The monoisotopic (exact) mass is 152 g/mol. The number of nitrogens with zero attached hydrogens (tertiary/aromatic N) is 2. The van der Waals surface area contributed by atoms with Crippen LogP contribution in [0, 0.1) is 6.92 Å². The molecule has 0 bridgehead atoms. The van der Waals surface area contributed by atoms with Crippen molar-refractivity contribution < 1.29 is 4.74 Å². The second kappa shape index (κ2) is 3.32. The zero-order chi connectivity index (χ0) is 8.27. The van der Waals surface area contributed by atoms with Crippen LogP contribution >= 0.6 is 0 Å². The Morgan fingerprint density at radius 3 is 2.45 bits per heavy atom. The molecule has 3 nitrogen and oxygen atoms in total. The van der Waals surface area contributed by atoms with Crippen LogP contribution < -0.4 is 4.74 Å². The molecule has 0 aliphatic heterocycles. The Kier molecular flexibility index (Phi) is 2.41. The standard InChI is InChI=1S/C8H12N2O/c1-6(2)11-8-5-9-7(3)4-10-8/h4-6H,1-3H3. The highest BCUT2D eigenvalue weighted by Gasteiger charge is 1.97. The topological polar surface area (TPSA) is 35.0 Å². The third-order valence-electron chi connectivity index (χ3n) is 1.11. The van der Waals surface area contributed by atoms with E-state index in [-0.39, 0.29) is 6.10 Å². The summed E-state index contributed by atoms with van der Waals surface area (Å²) in [6.45, 7) is 5.81. The van der Waals surface area contributed by atoms with Crippen molar-refractivity contribution in [2.75, 3.05) is 0 Å². The molecule has 0 aliphatic carbocycles. The highest BCUT2D eigenvalue weighted by Crippen LogP contribution is 2.05. The first-order valence-corrected chi connectivity index (χ1v) is 3.64. The van der Waals surface area contributed by atoms with Gasteiger partial charge in [0, 0.05) is 0 Å². The van der Waals surface area contributed by atoms with Gasteiger partial charge in [0.1, 0.15) is 0 Å². The number of ether oxygens (including phenoxy) is 1. The van der Waals surface area contributed by atoms with E-state index in [4.69, 9.17) is 4.74 Å². The van der Waals surface area contributed by atoms with E-state index >= 15 is 0 Å². The molecule has 0 saturated heterocycles. The molecule has 1 rings (SSSR count). The minimum atomic E-state index is 0.159. The quantitative estimate of drug-likeness (QED) is 0.645. The highest BCUT2D eigenvalue weighted by molar-refractivity contribution is 5.05. The van der Waals surface area contributed by atoms with Gasteiger partial charge < -0.3 is 4.74 Å². The molecule has 1 heterocycles. The molecule has 0 saturated carbocycles. The summed E-state index contributed by atoms with van der Waals surface area (Å²) in [4.78, 5) is 8.08. The van der Waals surface area contributed by atoms with E-state index in [1.807, 2.05) is 20.8 Å². The fraction of sp³-hybridized carbons (Fsp3) is 0.500. The molecule has 1 aromatic rings. The van der Waals surface area contributed by atoms with Gasteiger partial charge in [-0.15, -0.1) is 0 Å². The van der Waals surface area contributed by atoms with Crippen molar-refractivity contribution in [1.29, 1.82) is 0 Å². The van der Waals surface area contributed by atoms with Gasteiger partial charge in [-0.05, 0) is 20.8 Å². The third-order valence-corrected chi connectivity index (χ3v) is 1.11. The van der Waals surface area contributed by atoms with Gasteiger partial charge in [-0.2, -0.15) is 0 Å². The van der Waals surface area contributed by atoms with Crippen molar-refractivity contribution in [3.8, 4) is 5.88 Å². The van der Waals surface area contributed by atoms with Gasteiger partial charge in [0.25, 0.3) is 0 Å². The molecule has 0 radical (unpaired) electrons. The largest absolute Gasteiger partial charge is 0.474 e. The Balaban J connectivity index is 2.66. The molecule has 0 fully saturated rings. The number of hydrogen-bond acceptors (Lipinski definition) is 3. The normalized spacial score (nSPS) is 10.2. The third kappa shape index (κ3) is 2.53. The molecule has 0 aliphatic rings. The summed E-state index contributed by atoms with van der Waals surface area (Å²) < 4.78 is 5.30. The molecule has 3 heteroatoms. The fourth-order valence-corrected chi connectivity index (χ4v) is 0.683. The van der Waals surface area contributed by atoms with Crippen LogP contribution in [-0.4, -0.2) is 16.1 Å². The fourth-order valence-electron chi connectivity index (χ4n) is 0.683. The number of aromatic nitrogens is 2. The minimum Gasteiger partial charge on any atom is -0.474 e. The Hall–Kier alpha value is -1.12. The molecule has 0 amide bonds. The summed E-state index contributed by atoms with van der Waals surface area (Å²) in [5.41, 5.74) is 0.904. The Morgan fingerprint density at radius 2 is 2.00 bits per heavy atom. The van der Waals surface area contributed by atoms with Crippen LogP contribution in [0.4, 0.5) is 0 Å². The number of aryl methyl sites for hydroxylation is 1. The first-order chi connectivity index (χ1) is 5.18. The van der Waals surface area contributed by atoms with Gasteiger partial charge in [0.2, 0.25) is 5.88 Å². The molecular formula is C8H12N2O. The van der Waals surface area contributed by atoms with Crippen LogP contribution in [-0.2, 0) is 0 Å². The Bertz CT molecular complexity index is 218. The smallest absolute Gasteiger partial charge is 0.232 e. The van der Waals surface area contributed by atoms with Gasteiger partial charge in [-0.1, -0.05) is 0 Å². The summed E-state index contributed by atoms with van der Waals surface area (Å²) in [6.07, 6.45) is 3.49. The maximum atomic E-state index is 5.30. The summed E-state index contributed by atoms with van der Waals surface area (Å²) in [7, 11) is 0. The molecule has 0 unspecified atom stereocenters. The lowest BCUT2D eigenvalue weighted by Gasteiger charge is -2.06. The predicted octanol–water partition coefficient (Wildman–Crippen LogP) is 1.57. The van der Waals surface area contributed by atoms with Crippen LogP contribution in [0.2, 0.25) is 0 Å². The van der Waals surface area contributed by atoms with Crippen molar-refractivity contribution in [3.63, 3.8) is 0 Å². The zero-order valence-corrected chi connectivity index (χ0v) is 7.03. The van der Waals surface area contributed by atoms with Crippen LogP contribution in [0.5, 0.6) is 5.88 Å². The number of rotatable bonds is 2. The average molecular weight is 152 g/mol. The van der Waals surface area contributed by atoms with Gasteiger partial charge in [0.15, 0.2) is 0 Å². The summed E-state index contributed by atoms with van der Waals surface area (Å²) in [5.74, 6) is 0.589. The second-order valence-corrected chi connectivity index (χ2v) is 2.66. The molecular weight excluding hydrogens is 140 g/mol. The molecule has 0 atom stereocenters. The van der Waals surface area contributed by atoms with Gasteiger partial charge in [0.05, 0.1) is 24.2 Å². The van der Waals surface area contributed by atoms with Gasteiger partial charge >= 0.3 is 0 Å².